The van der Waals surface area contributed by atoms with Crippen molar-refractivity contribution in [1.29, 1.82) is 5.26 Å². The predicted molar refractivity (Wildman–Crippen MR) is 101 cm³/mol. The molecule has 3 aromatic rings. The highest BCUT2D eigenvalue weighted by Gasteiger charge is 2.13. The van der Waals surface area contributed by atoms with Gasteiger partial charge in [0.25, 0.3) is 0 Å². The lowest BCUT2D eigenvalue weighted by Crippen LogP contribution is -1.93. The molecular weight excluding hydrogens is 332 g/mol. The van der Waals surface area contributed by atoms with Gasteiger partial charge in [-0.05, 0) is 18.2 Å². The van der Waals surface area contributed by atoms with E-state index in [0.717, 1.165) is 16.8 Å². The van der Waals surface area contributed by atoms with Gasteiger partial charge in [-0.3, -0.25) is 0 Å². The van der Waals surface area contributed by atoms with E-state index in [9.17, 15) is 5.26 Å². The second kappa shape index (κ2) is 7.65. The Hall–Kier alpha value is -3.10. The van der Waals surface area contributed by atoms with Crippen LogP contribution in [0.1, 0.15) is 10.6 Å². The van der Waals surface area contributed by atoms with Crippen LogP contribution in [0, 0.1) is 11.3 Å². The molecule has 0 atom stereocenters. The summed E-state index contributed by atoms with van der Waals surface area (Å²) in [6.07, 6.45) is 1.76. The number of thiazole rings is 1. The molecule has 0 spiro atoms. The van der Waals surface area contributed by atoms with E-state index in [-0.39, 0.29) is 0 Å². The molecule has 0 aliphatic carbocycles. The number of hydrogen-bond donors (Lipinski definition) is 0. The summed E-state index contributed by atoms with van der Waals surface area (Å²) >= 11 is 1.44. The first kappa shape index (κ1) is 16.7. The van der Waals surface area contributed by atoms with Gasteiger partial charge in [0.05, 0.1) is 31.1 Å². The Morgan fingerprint density at radius 3 is 2.32 bits per heavy atom. The Morgan fingerprint density at radius 2 is 1.72 bits per heavy atom. The lowest BCUT2D eigenvalue weighted by molar-refractivity contribution is 0.392. The molecule has 4 nitrogen and oxygen atoms in total. The molecule has 1 aromatic heterocycles. The van der Waals surface area contributed by atoms with Crippen molar-refractivity contribution in [2.24, 2.45) is 0 Å². The average molecular weight is 348 g/mol. The van der Waals surface area contributed by atoms with E-state index in [1.807, 2.05) is 53.9 Å². The third kappa shape index (κ3) is 3.54. The van der Waals surface area contributed by atoms with Crippen LogP contribution in [0.3, 0.4) is 0 Å². The Kier molecular flexibility index (Phi) is 5.12. The number of methoxy groups -OCH3 is 2. The number of aromatic nitrogens is 1. The summed E-state index contributed by atoms with van der Waals surface area (Å²) in [4.78, 5) is 4.60. The highest BCUT2D eigenvalue weighted by atomic mass is 32.1. The Labute approximate surface area is 150 Å². The molecule has 0 unspecified atom stereocenters. The number of hydrogen-bond acceptors (Lipinski definition) is 5. The molecule has 1 heterocycles. The molecule has 0 amide bonds. The highest BCUT2D eigenvalue weighted by Crippen LogP contribution is 2.33. The summed E-state index contributed by atoms with van der Waals surface area (Å²) in [6.45, 7) is 0. The average Bonchev–Trinajstić information content (AvgIpc) is 3.16. The van der Waals surface area contributed by atoms with Gasteiger partial charge in [-0.2, -0.15) is 5.26 Å². The Morgan fingerprint density at radius 1 is 1.04 bits per heavy atom. The standard InChI is InChI=1S/C20H16N2O2S/c1-23-18-9-6-10-19(24-2)16(18)11-15(12-21)20-22-17(13-25-20)14-7-4-3-5-8-14/h3-11,13H,1-2H3/b15-11+. The van der Waals surface area contributed by atoms with E-state index >= 15 is 0 Å². The molecule has 25 heavy (non-hydrogen) atoms. The summed E-state index contributed by atoms with van der Waals surface area (Å²) in [5.74, 6) is 1.29. The normalized spacial score (nSPS) is 11.0. The first-order chi connectivity index (χ1) is 12.3. The summed E-state index contributed by atoms with van der Waals surface area (Å²) in [5.41, 5.74) is 3.07. The summed E-state index contributed by atoms with van der Waals surface area (Å²) in [6, 6.07) is 17.6. The van der Waals surface area contributed by atoms with Crippen molar-refractivity contribution in [2.45, 2.75) is 0 Å². The zero-order chi connectivity index (χ0) is 17.6. The molecule has 0 aliphatic heterocycles. The van der Waals surface area contributed by atoms with E-state index in [0.29, 0.717) is 22.1 Å². The van der Waals surface area contributed by atoms with Crippen LogP contribution in [0.25, 0.3) is 22.9 Å². The first-order valence-corrected chi connectivity index (χ1v) is 8.49. The molecule has 0 aliphatic rings. The number of ether oxygens (including phenoxy) is 2. The van der Waals surface area contributed by atoms with Crippen molar-refractivity contribution in [3.63, 3.8) is 0 Å². The van der Waals surface area contributed by atoms with Crippen LogP contribution in [0.4, 0.5) is 0 Å². The van der Waals surface area contributed by atoms with Crippen molar-refractivity contribution in [3.8, 4) is 28.8 Å². The van der Waals surface area contributed by atoms with Crippen molar-refractivity contribution in [1.82, 2.24) is 4.98 Å². The SMILES string of the molecule is COc1cccc(OC)c1/C=C(\C#N)c1nc(-c2ccccc2)cs1. The molecule has 5 heteroatoms. The minimum Gasteiger partial charge on any atom is -0.496 e. The van der Waals surface area contributed by atoms with Crippen LogP contribution in [-0.4, -0.2) is 19.2 Å². The molecule has 0 saturated heterocycles. The lowest BCUT2D eigenvalue weighted by atomic mass is 10.1. The van der Waals surface area contributed by atoms with E-state index in [4.69, 9.17) is 9.47 Å². The van der Waals surface area contributed by atoms with Gasteiger partial charge in [-0.25, -0.2) is 4.98 Å². The van der Waals surface area contributed by atoms with Crippen molar-refractivity contribution < 1.29 is 9.47 Å². The second-order valence-electron chi connectivity index (χ2n) is 5.15. The molecule has 0 bridgehead atoms. The van der Waals surface area contributed by atoms with Gasteiger partial charge in [0, 0.05) is 10.9 Å². The summed E-state index contributed by atoms with van der Waals surface area (Å²) < 4.78 is 10.8. The fourth-order valence-corrected chi connectivity index (χ4v) is 3.24. The molecule has 0 fully saturated rings. The topological polar surface area (TPSA) is 55.1 Å². The van der Waals surface area contributed by atoms with E-state index < -0.39 is 0 Å². The fraction of sp³-hybridized carbons (Fsp3) is 0.100. The van der Waals surface area contributed by atoms with Gasteiger partial charge in [-0.15, -0.1) is 11.3 Å². The largest absolute Gasteiger partial charge is 0.496 e. The van der Waals surface area contributed by atoms with Crippen LogP contribution < -0.4 is 9.47 Å². The number of rotatable bonds is 5. The van der Waals surface area contributed by atoms with Crippen LogP contribution in [0.15, 0.2) is 53.9 Å². The molecule has 0 radical (unpaired) electrons. The van der Waals surface area contributed by atoms with E-state index in [2.05, 4.69) is 11.1 Å². The number of benzene rings is 2. The minimum absolute atomic E-state index is 0.468. The number of nitriles is 1. The van der Waals surface area contributed by atoms with Gasteiger partial charge in [0.2, 0.25) is 0 Å². The Balaban J connectivity index is 2.04. The van der Waals surface area contributed by atoms with Gasteiger partial charge < -0.3 is 9.47 Å². The first-order valence-electron chi connectivity index (χ1n) is 7.61. The van der Waals surface area contributed by atoms with E-state index in [1.54, 1.807) is 20.3 Å². The smallest absolute Gasteiger partial charge is 0.134 e. The van der Waals surface area contributed by atoms with Crippen LogP contribution in [0.2, 0.25) is 0 Å². The Bertz CT molecular complexity index is 918. The van der Waals surface area contributed by atoms with Crippen LogP contribution >= 0.6 is 11.3 Å². The second-order valence-corrected chi connectivity index (χ2v) is 6.01. The molecule has 3 rings (SSSR count). The lowest BCUT2D eigenvalue weighted by Gasteiger charge is -2.09. The van der Waals surface area contributed by atoms with Crippen LogP contribution in [-0.2, 0) is 0 Å². The number of allylic oxidation sites excluding steroid dienone is 1. The third-order valence-electron chi connectivity index (χ3n) is 3.68. The number of nitrogens with zero attached hydrogens (tertiary/aromatic N) is 2. The predicted octanol–water partition coefficient (Wildman–Crippen LogP) is 4.89. The molecule has 2 aromatic carbocycles. The zero-order valence-corrected chi connectivity index (χ0v) is 14.7. The minimum atomic E-state index is 0.468. The molecule has 0 saturated carbocycles. The maximum absolute atomic E-state index is 9.61. The van der Waals surface area contributed by atoms with Crippen molar-refractivity contribution in [3.05, 3.63) is 64.5 Å². The molecule has 124 valence electrons. The maximum atomic E-state index is 9.61. The fourth-order valence-electron chi connectivity index (χ4n) is 2.45. The quantitative estimate of drug-likeness (QED) is 0.616. The zero-order valence-electron chi connectivity index (χ0n) is 13.9. The van der Waals surface area contributed by atoms with Crippen LogP contribution in [0.5, 0.6) is 11.5 Å². The monoisotopic (exact) mass is 348 g/mol. The summed E-state index contributed by atoms with van der Waals surface area (Å²) in [7, 11) is 3.18. The van der Waals surface area contributed by atoms with Gasteiger partial charge in [-0.1, -0.05) is 36.4 Å². The third-order valence-corrected chi connectivity index (χ3v) is 4.55. The van der Waals surface area contributed by atoms with Gasteiger partial charge >= 0.3 is 0 Å². The highest BCUT2D eigenvalue weighted by molar-refractivity contribution is 7.11. The van der Waals surface area contributed by atoms with Crippen molar-refractivity contribution in [2.75, 3.05) is 14.2 Å². The van der Waals surface area contributed by atoms with E-state index in [1.165, 1.54) is 11.3 Å². The van der Waals surface area contributed by atoms with Gasteiger partial charge in [0.15, 0.2) is 0 Å². The molecular formula is C20H16N2O2S. The molecule has 0 N–H and O–H groups in total. The van der Waals surface area contributed by atoms with Crippen molar-refractivity contribution >= 4 is 23.0 Å². The summed E-state index contributed by atoms with van der Waals surface area (Å²) in [5, 5.41) is 12.2. The van der Waals surface area contributed by atoms with Gasteiger partial charge in [0.1, 0.15) is 22.6 Å². The maximum Gasteiger partial charge on any atom is 0.134 e.